The van der Waals surface area contributed by atoms with Crippen molar-refractivity contribution in [1.29, 1.82) is 0 Å². The summed E-state index contributed by atoms with van der Waals surface area (Å²) in [6.07, 6.45) is 2.39. The molecule has 5 heteroatoms. The number of hydrogen-bond acceptors (Lipinski definition) is 3. The second-order valence-corrected chi connectivity index (χ2v) is 7.12. The van der Waals surface area contributed by atoms with Crippen LogP contribution in [0.15, 0.2) is 48.5 Å². The highest BCUT2D eigenvalue weighted by Crippen LogP contribution is 2.35. The van der Waals surface area contributed by atoms with Crippen molar-refractivity contribution in [3.8, 4) is 0 Å². The van der Waals surface area contributed by atoms with Crippen molar-refractivity contribution in [2.45, 2.75) is 12.8 Å². The first-order chi connectivity index (χ1) is 13.3. The fourth-order valence-corrected chi connectivity index (χ4v) is 3.95. The van der Waals surface area contributed by atoms with Crippen LogP contribution in [0.1, 0.15) is 23.2 Å². The number of carbonyl (C=O) groups excluding carboxylic acids is 1. The molecule has 2 aromatic carbocycles. The molecule has 2 fully saturated rings. The minimum absolute atomic E-state index is 0.108. The zero-order valence-corrected chi connectivity index (χ0v) is 15.5. The molecule has 0 saturated carbocycles. The monoisotopic (exact) mass is 360 g/mol. The van der Waals surface area contributed by atoms with Gasteiger partial charge in [0.2, 0.25) is 5.69 Å². The maximum atomic E-state index is 12.6. The van der Waals surface area contributed by atoms with Crippen molar-refractivity contribution in [3.63, 3.8) is 0 Å². The van der Waals surface area contributed by atoms with Crippen LogP contribution in [-0.2, 0) is 0 Å². The molecule has 2 aliphatic rings. The summed E-state index contributed by atoms with van der Waals surface area (Å²) < 4.78 is 0. The van der Waals surface area contributed by atoms with Gasteiger partial charge in [-0.25, -0.2) is 4.85 Å². The molecular weight excluding hydrogens is 336 g/mol. The molecular formula is C22H24N4O. The molecule has 2 aromatic rings. The Morgan fingerprint density at radius 2 is 1.56 bits per heavy atom. The van der Waals surface area contributed by atoms with Gasteiger partial charge in [0.05, 0.1) is 6.57 Å². The molecule has 1 amide bonds. The standard InChI is InChI=1S/C22H24N4O/c1-23-20-10-9-19(17-21(20)25-11-5-6-12-25)24-13-15-26(16-14-24)22(27)18-7-3-2-4-8-18/h2-4,7-10,17H,5-6,11-16H2. The van der Waals surface area contributed by atoms with Gasteiger partial charge in [-0.15, -0.1) is 0 Å². The van der Waals surface area contributed by atoms with Crippen LogP contribution in [0.4, 0.5) is 17.1 Å². The summed E-state index contributed by atoms with van der Waals surface area (Å²) in [6, 6.07) is 15.6. The first kappa shape index (κ1) is 17.4. The van der Waals surface area contributed by atoms with Crippen LogP contribution in [0.3, 0.4) is 0 Å². The summed E-state index contributed by atoms with van der Waals surface area (Å²) in [7, 11) is 0. The molecule has 4 rings (SSSR count). The van der Waals surface area contributed by atoms with Gasteiger partial charge >= 0.3 is 0 Å². The lowest BCUT2D eigenvalue weighted by Crippen LogP contribution is -2.48. The number of rotatable bonds is 3. The molecule has 2 aliphatic heterocycles. The minimum Gasteiger partial charge on any atom is -0.380 e. The van der Waals surface area contributed by atoms with E-state index < -0.39 is 0 Å². The topological polar surface area (TPSA) is 31.1 Å². The second-order valence-electron chi connectivity index (χ2n) is 7.12. The second kappa shape index (κ2) is 7.71. The summed E-state index contributed by atoms with van der Waals surface area (Å²) in [5, 5.41) is 0. The third kappa shape index (κ3) is 3.61. The van der Waals surface area contributed by atoms with Crippen LogP contribution in [0.25, 0.3) is 4.85 Å². The summed E-state index contributed by atoms with van der Waals surface area (Å²) in [4.78, 5) is 22.9. The Balaban J connectivity index is 1.46. The third-order valence-corrected chi connectivity index (χ3v) is 5.48. The smallest absolute Gasteiger partial charge is 0.253 e. The number of piperazine rings is 1. The maximum Gasteiger partial charge on any atom is 0.253 e. The normalized spacial score (nSPS) is 17.1. The molecule has 0 aromatic heterocycles. The van der Waals surface area contributed by atoms with Crippen LogP contribution >= 0.6 is 0 Å². The van der Waals surface area contributed by atoms with E-state index in [1.165, 1.54) is 12.8 Å². The van der Waals surface area contributed by atoms with Crippen LogP contribution < -0.4 is 9.80 Å². The number of carbonyl (C=O) groups is 1. The summed E-state index contributed by atoms with van der Waals surface area (Å²) >= 11 is 0. The van der Waals surface area contributed by atoms with Gasteiger partial charge in [-0.1, -0.05) is 24.3 Å². The maximum absolute atomic E-state index is 12.6. The summed E-state index contributed by atoms with van der Waals surface area (Å²) in [5.74, 6) is 0.108. The highest BCUT2D eigenvalue weighted by molar-refractivity contribution is 5.94. The Hall–Kier alpha value is -3.00. The predicted molar refractivity (Wildman–Crippen MR) is 109 cm³/mol. The highest BCUT2D eigenvalue weighted by atomic mass is 16.2. The number of amides is 1. The van der Waals surface area contributed by atoms with E-state index in [0.717, 1.165) is 61.9 Å². The molecule has 0 unspecified atom stereocenters. The molecule has 27 heavy (non-hydrogen) atoms. The van der Waals surface area contributed by atoms with E-state index in [1.54, 1.807) is 0 Å². The van der Waals surface area contributed by atoms with Gasteiger partial charge in [-0.05, 0) is 37.1 Å². The number of anilines is 2. The molecule has 0 aliphatic carbocycles. The van der Waals surface area contributed by atoms with Crippen LogP contribution in [0.2, 0.25) is 0 Å². The Kier molecular flexibility index (Phi) is 4.97. The molecule has 0 bridgehead atoms. The van der Waals surface area contributed by atoms with Crippen LogP contribution in [0.5, 0.6) is 0 Å². The quantitative estimate of drug-likeness (QED) is 0.780. The fraction of sp³-hybridized carbons (Fsp3) is 0.364. The zero-order chi connectivity index (χ0) is 18.6. The van der Waals surface area contributed by atoms with Crippen molar-refractivity contribution >= 4 is 23.0 Å². The number of hydrogen-bond donors (Lipinski definition) is 0. The Morgan fingerprint density at radius 1 is 0.852 bits per heavy atom. The van der Waals surface area contributed by atoms with Crippen LogP contribution in [0, 0.1) is 6.57 Å². The lowest BCUT2D eigenvalue weighted by Gasteiger charge is -2.36. The van der Waals surface area contributed by atoms with E-state index in [-0.39, 0.29) is 5.91 Å². The summed E-state index contributed by atoms with van der Waals surface area (Å²) in [6.45, 7) is 12.6. The Bertz CT molecular complexity index is 844. The fourth-order valence-electron chi connectivity index (χ4n) is 3.95. The average Bonchev–Trinajstić information content (AvgIpc) is 3.28. The molecule has 0 N–H and O–H groups in total. The Morgan fingerprint density at radius 3 is 2.22 bits per heavy atom. The van der Waals surface area contributed by atoms with E-state index in [1.807, 2.05) is 47.4 Å². The predicted octanol–water partition coefficient (Wildman–Crippen LogP) is 3.80. The number of nitrogens with zero attached hydrogens (tertiary/aromatic N) is 4. The van der Waals surface area contributed by atoms with Gasteiger partial charge in [0, 0.05) is 56.2 Å². The largest absolute Gasteiger partial charge is 0.380 e. The van der Waals surface area contributed by atoms with Crippen molar-refractivity contribution < 1.29 is 4.79 Å². The first-order valence-electron chi connectivity index (χ1n) is 9.62. The van der Waals surface area contributed by atoms with Crippen molar-refractivity contribution in [2.75, 3.05) is 49.1 Å². The molecule has 138 valence electrons. The van der Waals surface area contributed by atoms with Gasteiger partial charge in [0.1, 0.15) is 0 Å². The zero-order valence-electron chi connectivity index (χ0n) is 15.5. The molecule has 0 radical (unpaired) electrons. The van der Waals surface area contributed by atoms with Gasteiger partial charge in [0.15, 0.2) is 0 Å². The van der Waals surface area contributed by atoms with E-state index >= 15 is 0 Å². The van der Waals surface area contributed by atoms with Crippen molar-refractivity contribution in [1.82, 2.24) is 4.90 Å². The van der Waals surface area contributed by atoms with E-state index in [4.69, 9.17) is 6.57 Å². The van der Waals surface area contributed by atoms with Gasteiger partial charge in [-0.3, -0.25) is 4.79 Å². The SMILES string of the molecule is [C-]#[N+]c1ccc(N2CCN(C(=O)c3ccccc3)CC2)cc1N1CCCC1. The highest BCUT2D eigenvalue weighted by Gasteiger charge is 2.23. The average molecular weight is 360 g/mol. The van der Waals surface area contributed by atoms with Gasteiger partial charge < -0.3 is 14.7 Å². The lowest BCUT2D eigenvalue weighted by atomic mass is 10.1. The number of benzene rings is 2. The summed E-state index contributed by atoms with van der Waals surface area (Å²) in [5.41, 5.74) is 3.70. The molecule has 0 spiro atoms. The molecule has 2 heterocycles. The van der Waals surface area contributed by atoms with Crippen molar-refractivity contribution in [3.05, 3.63) is 65.5 Å². The van der Waals surface area contributed by atoms with E-state index in [9.17, 15) is 4.79 Å². The molecule has 5 nitrogen and oxygen atoms in total. The van der Waals surface area contributed by atoms with Crippen molar-refractivity contribution in [2.24, 2.45) is 0 Å². The lowest BCUT2D eigenvalue weighted by molar-refractivity contribution is 0.0747. The van der Waals surface area contributed by atoms with E-state index in [0.29, 0.717) is 0 Å². The first-order valence-corrected chi connectivity index (χ1v) is 9.62. The van der Waals surface area contributed by atoms with Gasteiger partial charge in [0.25, 0.3) is 5.91 Å². The molecule has 0 atom stereocenters. The Labute approximate surface area is 160 Å². The van der Waals surface area contributed by atoms with Gasteiger partial charge in [-0.2, -0.15) is 0 Å². The minimum atomic E-state index is 0.108. The van der Waals surface area contributed by atoms with E-state index in [2.05, 4.69) is 20.7 Å². The molecule has 2 saturated heterocycles. The third-order valence-electron chi connectivity index (χ3n) is 5.48. The van der Waals surface area contributed by atoms with Crippen LogP contribution in [-0.4, -0.2) is 50.1 Å².